The van der Waals surface area contributed by atoms with Crippen molar-refractivity contribution in [3.8, 4) is 51.3 Å². The number of nitriles is 1. The van der Waals surface area contributed by atoms with E-state index in [1.807, 2.05) is 36.4 Å². The summed E-state index contributed by atoms with van der Waals surface area (Å²) < 4.78 is 13.4. The molecule has 0 bridgehead atoms. The normalized spacial score (nSPS) is 13.8. The van der Waals surface area contributed by atoms with Crippen molar-refractivity contribution < 1.29 is 9.47 Å². The molecule has 0 amide bonds. The largest absolute Gasteiger partial charge is 0.457 e. The molecule has 0 fully saturated rings. The molecule has 1 aliphatic rings. The van der Waals surface area contributed by atoms with Crippen LogP contribution in [-0.2, 0) is 6.42 Å². The summed E-state index contributed by atoms with van der Waals surface area (Å²) in [6.45, 7) is 18.1. The van der Waals surface area contributed by atoms with E-state index in [-0.39, 0.29) is 17.8 Å². The summed E-state index contributed by atoms with van der Waals surface area (Å²) in [6, 6.07) is 53.1. The third-order valence-electron chi connectivity index (χ3n) is 12.4. The number of allylic oxidation sites excluding steroid dienone is 3. The van der Waals surface area contributed by atoms with Crippen LogP contribution in [0.25, 0.3) is 39.5 Å². The maximum Gasteiger partial charge on any atom is 0.134 e. The maximum atomic E-state index is 11.0. The molecule has 0 aromatic heterocycles. The molecular weight excluding hydrogens is 755 g/mol. The first-order chi connectivity index (χ1) is 30.1. The molecule has 7 aromatic rings. The highest BCUT2D eigenvalue weighted by molar-refractivity contribution is 6.03. The predicted molar refractivity (Wildman–Crippen MR) is 259 cm³/mol. The summed E-state index contributed by atoms with van der Waals surface area (Å²) in [5.41, 5.74) is 18.0. The first kappa shape index (κ1) is 41.8. The molecule has 0 aliphatic carbocycles. The molecule has 3 heteroatoms. The highest BCUT2D eigenvalue weighted by Gasteiger charge is 2.34. The lowest BCUT2D eigenvalue weighted by atomic mass is 9.69. The Kier molecular flexibility index (Phi) is 12.1. The molecular formula is C59H55NO2. The van der Waals surface area contributed by atoms with Gasteiger partial charge in [0.05, 0.1) is 11.6 Å². The smallest absolute Gasteiger partial charge is 0.134 e. The van der Waals surface area contributed by atoms with Gasteiger partial charge in [-0.2, -0.15) is 5.26 Å². The molecule has 62 heavy (non-hydrogen) atoms. The van der Waals surface area contributed by atoms with Crippen molar-refractivity contribution in [1.29, 1.82) is 5.26 Å². The minimum Gasteiger partial charge on any atom is -0.457 e. The number of aryl methyl sites for hydroxylation is 2. The minimum atomic E-state index is -0.0987. The van der Waals surface area contributed by atoms with Crippen LogP contribution in [0.15, 0.2) is 152 Å². The fourth-order valence-corrected chi connectivity index (χ4v) is 9.45. The molecule has 1 atom stereocenters. The Morgan fingerprint density at radius 2 is 1.18 bits per heavy atom. The standard InChI is InChI=1S/C59H55NO2/c1-9-46(41(8)48-28-17-21-33-53(48)61-50-30-18-11-23-40(50)7)57-58(47-27-15-10-22-39(47)6)54(37(2)3)56(55(38(4)5)59(57)49-29-16-12-26-44(49)36-60)45-34-42-24-13-19-31-51(42)62-52-32-20-14-25-43(52)35-45/h9-34,37-38,41H,35H2,1-8H3/b45-34-,46-9-. The van der Waals surface area contributed by atoms with Gasteiger partial charge in [-0.05, 0) is 136 Å². The Balaban J connectivity index is 1.55. The Hall–Kier alpha value is -6.89. The molecule has 308 valence electrons. The van der Waals surface area contributed by atoms with Crippen LogP contribution in [-0.4, -0.2) is 0 Å². The Bertz CT molecular complexity index is 2900. The van der Waals surface area contributed by atoms with E-state index in [9.17, 15) is 5.26 Å². The lowest BCUT2D eigenvalue weighted by molar-refractivity contribution is 0.471. The van der Waals surface area contributed by atoms with Gasteiger partial charge < -0.3 is 9.47 Å². The van der Waals surface area contributed by atoms with Gasteiger partial charge in [0.1, 0.15) is 23.0 Å². The SMILES string of the molecule is C/C=C(\c1c(-c2ccccc2C)c(C(C)C)c(/C2=C\c3ccccc3Oc3ccccc3C2)c(C(C)C)c1-c1ccccc1C#N)C(C)c1ccccc1Oc1ccccc1C. The Morgan fingerprint density at radius 1 is 0.613 bits per heavy atom. The van der Waals surface area contributed by atoms with E-state index in [2.05, 4.69) is 183 Å². The zero-order valence-electron chi connectivity index (χ0n) is 37.2. The van der Waals surface area contributed by atoms with Crippen LogP contribution in [0.1, 0.15) is 115 Å². The predicted octanol–water partition coefficient (Wildman–Crippen LogP) is 16.6. The van der Waals surface area contributed by atoms with Crippen molar-refractivity contribution in [1.82, 2.24) is 0 Å². The van der Waals surface area contributed by atoms with Crippen molar-refractivity contribution in [2.45, 2.75) is 79.6 Å². The van der Waals surface area contributed by atoms with Crippen LogP contribution < -0.4 is 9.47 Å². The second-order valence-corrected chi connectivity index (χ2v) is 17.1. The molecule has 0 spiro atoms. The van der Waals surface area contributed by atoms with Gasteiger partial charge in [-0.25, -0.2) is 0 Å². The van der Waals surface area contributed by atoms with Gasteiger partial charge in [0.25, 0.3) is 0 Å². The number of hydrogen-bond donors (Lipinski definition) is 0. The zero-order chi connectivity index (χ0) is 43.5. The number of fused-ring (bicyclic) bond motifs is 2. The number of rotatable bonds is 10. The lowest BCUT2D eigenvalue weighted by Gasteiger charge is -2.35. The average molecular weight is 810 g/mol. The van der Waals surface area contributed by atoms with Crippen LogP contribution in [0.5, 0.6) is 23.0 Å². The second kappa shape index (κ2) is 18.0. The van der Waals surface area contributed by atoms with Gasteiger partial charge in [-0.15, -0.1) is 0 Å². The third-order valence-corrected chi connectivity index (χ3v) is 12.4. The quantitative estimate of drug-likeness (QED) is 0.138. The van der Waals surface area contributed by atoms with Gasteiger partial charge >= 0.3 is 0 Å². The third kappa shape index (κ3) is 7.90. The van der Waals surface area contributed by atoms with Crippen molar-refractivity contribution in [2.24, 2.45) is 0 Å². The van der Waals surface area contributed by atoms with Gasteiger partial charge in [0, 0.05) is 29.0 Å². The van der Waals surface area contributed by atoms with E-state index in [0.717, 1.165) is 61.9 Å². The monoisotopic (exact) mass is 809 g/mol. The molecule has 1 aliphatic heterocycles. The number of ether oxygens (including phenoxy) is 2. The molecule has 7 aromatic carbocycles. The summed E-state index contributed by atoms with van der Waals surface area (Å²) in [5, 5.41) is 11.0. The van der Waals surface area contributed by atoms with Crippen molar-refractivity contribution in [3.05, 3.63) is 207 Å². The first-order valence-electron chi connectivity index (χ1n) is 21.9. The van der Waals surface area contributed by atoms with Crippen LogP contribution in [0.2, 0.25) is 0 Å². The number of para-hydroxylation sites is 4. The van der Waals surface area contributed by atoms with E-state index in [1.165, 1.54) is 44.5 Å². The van der Waals surface area contributed by atoms with Crippen molar-refractivity contribution in [3.63, 3.8) is 0 Å². The summed E-state index contributed by atoms with van der Waals surface area (Å²) >= 11 is 0. The van der Waals surface area contributed by atoms with E-state index in [0.29, 0.717) is 12.0 Å². The minimum absolute atomic E-state index is 0.0760. The molecule has 0 saturated heterocycles. The van der Waals surface area contributed by atoms with Gasteiger partial charge in [0.15, 0.2) is 0 Å². The van der Waals surface area contributed by atoms with E-state index in [4.69, 9.17) is 9.47 Å². The second-order valence-electron chi connectivity index (χ2n) is 17.1. The average Bonchev–Trinajstić information content (AvgIpc) is 3.27. The maximum absolute atomic E-state index is 11.0. The van der Waals surface area contributed by atoms with Crippen molar-refractivity contribution >= 4 is 17.2 Å². The fraction of sp³-hybridized carbons (Fsp3) is 0.203. The molecule has 0 N–H and O–H groups in total. The summed E-state index contributed by atoms with van der Waals surface area (Å²) in [6.07, 6.45) is 5.34. The number of nitrogens with zero attached hydrogens (tertiary/aromatic N) is 1. The van der Waals surface area contributed by atoms with Gasteiger partial charge in [-0.3, -0.25) is 0 Å². The van der Waals surface area contributed by atoms with E-state index < -0.39 is 0 Å². The Labute approximate surface area is 368 Å². The molecule has 3 nitrogen and oxygen atoms in total. The molecule has 8 rings (SSSR count). The lowest BCUT2D eigenvalue weighted by Crippen LogP contribution is -2.15. The van der Waals surface area contributed by atoms with Crippen LogP contribution in [0, 0.1) is 25.2 Å². The van der Waals surface area contributed by atoms with Crippen LogP contribution >= 0.6 is 0 Å². The van der Waals surface area contributed by atoms with Crippen LogP contribution in [0.3, 0.4) is 0 Å². The highest BCUT2D eigenvalue weighted by atomic mass is 16.5. The highest BCUT2D eigenvalue weighted by Crippen LogP contribution is 2.55. The van der Waals surface area contributed by atoms with E-state index >= 15 is 0 Å². The Morgan fingerprint density at radius 3 is 1.85 bits per heavy atom. The first-order valence-corrected chi connectivity index (χ1v) is 21.9. The fourth-order valence-electron chi connectivity index (χ4n) is 9.45. The molecule has 0 radical (unpaired) electrons. The van der Waals surface area contributed by atoms with Gasteiger partial charge in [0.2, 0.25) is 0 Å². The van der Waals surface area contributed by atoms with E-state index in [1.54, 1.807) is 0 Å². The zero-order valence-corrected chi connectivity index (χ0v) is 37.2. The topological polar surface area (TPSA) is 42.2 Å². The summed E-state index contributed by atoms with van der Waals surface area (Å²) in [7, 11) is 0. The number of benzene rings is 7. The van der Waals surface area contributed by atoms with Crippen molar-refractivity contribution in [2.75, 3.05) is 0 Å². The molecule has 1 unspecified atom stereocenters. The van der Waals surface area contributed by atoms with Gasteiger partial charge in [-0.1, -0.05) is 156 Å². The molecule has 0 saturated carbocycles. The summed E-state index contributed by atoms with van der Waals surface area (Å²) in [4.78, 5) is 0. The number of hydrogen-bond acceptors (Lipinski definition) is 3. The molecule has 1 heterocycles. The summed E-state index contributed by atoms with van der Waals surface area (Å²) in [5.74, 6) is 3.46. The van der Waals surface area contributed by atoms with Crippen LogP contribution in [0.4, 0.5) is 0 Å².